The Labute approximate surface area is 144 Å². The van der Waals surface area contributed by atoms with Crippen LogP contribution >= 0.6 is 0 Å². The van der Waals surface area contributed by atoms with Crippen molar-refractivity contribution in [2.24, 2.45) is 0 Å². The molecule has 1 amide bonds. The maximum absolute atomic E-state index is 12.5. The normalized spacial score (nSPS) is 10.5. The summed E-state index contributed by atoms with van der Waals surface area (Å²) in [6.45, 7) is 5.91. The van der Waals surface area contributed by atoms with Crippen LogP contribution in [0, 0.1) is 13.8 Å². The number of rotatable bonds is 5. The fraction of sp³-hybridized carbons (Fsp3) is 0.235. The van der Waals surface area contributed by atoms with Crippen molar-refractivity contribution >= 4 is 11.6 Å². The average molecular weight is 338 g/mol. The number of para-hydroxylation sites is 1. The zero-order valence-corrected chi connectivity index (χ0v) is 14.2. The molecule has 128 valence electrons. The summed E-state index contributed by atoms with van der Waals surface area (Å²) in [5.74, 6) is -0.374. The number of carbonyl (C=O) groups is 1. The number of aryl methyl sites for hydroxylation is 2. The number of anilines is 1. The highest BCUT2D eigenvalue weighted by molar-refractivity contribution is 6.03. The van der Waals surface area contributed by atoms with E-state index in [0.717, 1.165) is 5.69 Å². The van der Waals surface area contributed by atoms with Crippen LogP contribution in [0.25, 0.3) is 5.69 Å². The summed E-state index contributed by atoms with van der Waals surface area (Å²) >= 11 is 0. The molecule has 0 atom stereocenters. The third kappa shape index (κ3) is 3.63. The van der Waals surface area contributed by atoms with Gasteiger partial charge in [-0.15, -0.1) is 5.10 Å². The van der Waals surface area contributed by atoms with Gasteiger partial charge in [-0.25, -0.2) is 0 Å². The van der Waals surface area contributed by atoms with Crippen LogP contribution < -0.4 is 10.1 Å². The molecule has 2 heterocycles. The molecule has 0 bridgehead atoms. The standard InChI is InChI=1S/C17H18N6O2/c1-4-25-17-19-11(2)15(12(3)20-17)21-16(24)14-10-18-23(22-14)13-8-6-5-7-9-13/h5-10H,4H2,1-3H3,(H,21,24). The van der Waals surface area contributed by atoms with Crippen LogP contribution in [-0.2, 0) is 0 Å². The van der Waals surface area contributed by atoms with Gasteiger partial charge in [0.1, 0.15) is 0 Å². The Balaban J connectivity index is 1.80. The summed E-state index contributed by atoms with van der Waals surface area (Å²) < 4.78 is 5.30. The van der Waals surface area contributed by atoms with Gasteiger partial charge in [0.05, 0.1) is 35.6 Å². The molecule has 0 unspecified atom stereocenters. The summed E-state index contributed by atoms with van der Waals surface area (Å²) in [7, 11) is 0. The summed E-state index contributed by atoms with van der Waals surface area (Å²) in [4.78, 5) is 22.3. The van der Waals surface area contributed by atoms with E-state index < -0.39 is 0 Å². The number of benzene rings is 1. The van der Waals surface area contributed by atoms with Gasteiger partial charge >= 0.3 is 6.01 Å². The predicted molar refractivity (Wildman–Crippen MR) is 92.0 cm³/mol. The van der Waals surface area contributed by atoms with Crippen LogP contribution in [0.2, 0.25) is 0 Å². The van der Waals surface area contributed by atoms with Gasteiger partial charge in [0.2, 0.25) is 0 Å². The molecule has 0 aliphatic heterocycles. The second-order valence-electron chi connectivity index (χ2n) is 5.29. The first-order valence-corrected chi connectivity index (χ1v) is 7.85. The fourth-order valence-electron chi connectivity index (χ4n) is 2.29. The Kier molecular flexibility index (Phi) is 4.69. The van der Waals surface area contributed by atoms with Gasteiger partial charge in [-0.05, 0) is 32.9 Å². The van der Waals surface area contributed by atoms with Crippen LogP contribution in [0.5, 0.6) is 6.01 Å². The second kappa shape index (κ2) is 7.08. The molecule has 0 fully saturated rings. The molecule has 25 heavy (non-hydrogen) atoms. The van der Waals surface area contributed by atoms with Gasteiger partial charge in [-0.2, -0.15) is 19.9 Å². The van der Waals surface area contributed by atoms with Gasteiger partial charge in [-0.1, -0.05) is 18.2 Å². The molecule has 0 aliphatic carbocycles. The molecule has 0 spiro atoms. The lowest BCUT2D eigenvalue weighted by atomic mass is 10.2. The monoisotopic (exact) mass is 338 g/mol. The molecule has 8 heteroatoms. The van der Waals surface area contributed by atoms with Crippen molar-refractivity contribution in [1.82, 2.24) is 25.0 Å². The lowest BCUT2D eigenvalue weighted by Gasteiger charge is -2.11. The van der Waals surface area contributed by atoms with Gasteiger partial charge < -0.3 is 10.1 Å². The molecule has 0 aliphatic rings. The van der Waals surface area contributed by atoms with Crippen molar-refractivity contribution < 1.29 is 9.53 Å². The van der Waals surface area contributed by atoms with Crippen LogP contribution in [-0.4, -0.2) is 37.5 Å². The average Bonchev–Trinajstić information content (AvgIpc) is 3.09. The molecule has 0 saturated heterocycles. The van der Waals surface area contributed by atoms with Crippen LogP contribution in [0.1, 0.15) is 28.8 Å². The van der Waals surface area contributed by atoms with E-state index in [-0.39, 0.29) is 11.6 Å². The van der Waals surface area contributed by atoms with Crippen molar-refractivity contribution in [3.05, 3.63) is 53.6 Å². The summed E-state index contributed by atoms with van der Waals surface area (Å²) in [6, 6.07) is 9.67. The number of hydrogen-bond donors (Lipinski definition) is 1. The van der Waals surface area contributed by atoms with E-state index in [1.54, 1.807) is 13.8 Å². The highest BCUT2D eigenvalue weighted by atomic mass is 16.5. The Morgan fingerprint density at radius 3 is 2.48 bits per heavy atom. The lowest BCUT2D eigenvalue weighted by Crippen LogP contribution is -2.16. The van der Waals surface area contributed by atoms with E-state index in [0.29, 0.717) is 29.7 Å². The lowest BCUT2D eigenvalue weighted by molar-refractivity contribution is 0.102. The van der Waals surface area contributed by atoms with E-state index in [2.05, 4.69) is 25.5 Å². The van der Waals surface area contributed by atoms with Crippen LogP contribution in [0.15, 0.2) is 36.5 Å². The topological polar surface area (TPSA) is 94.8 Å². The minimum absolute atomic E-state index is 0.205. The largest absolute Gasteiger partial charge is 0.464 e. The van der Waals surface area contributed by atoms with Crippen molar-refractivity contribution in [1.29, 1.82) is 0 Å². The minimum Gasteiger partial charge on any atom is -0.464 e. The zero-order chi connectivity index (χ0) is 17.8. The molecule has 1 aromatic carbocycles. The highest BCUT2D eigenvalue weighted by Crippen LogP contribution is 2.20. The first-order chi connectivity index (χ1) is 12.1. The van der Waals surface area contributed by atoms with E-state index in [1.807, 2.05) is 37.3 Å². The molecule has 0 saturated carbocycles. The van der Waals surface area contributed by atoms with Crippen molar-refractivity contribution in [2.75, 3.05) is 11.9 Å². The quantitative estimate of drug-likeness (QED) is 0.767. The molecule has 2 aromatic heterocycles. The van der Waals surface area contributed by atoms with Crippen LogP contribution in [0.3, 0.4) is 0 Å². The first-order valence-electron chi connectivity index (χ1n) is 7.85. The number of nitrogens with one attached hydrogen (secondary N) is 1. The SMILES string of the molecule is CCOc1nc(C)c(NC(=O)c2cnn(-c3ccccc3)n2)c(C)n1. The number of ether oxygens (including phenoxy) is 1. The van der Waals surface area contributed by atoms with E-state index >= 15 is 0 Å². The maximum Gasteiger partial charge on any atom is 0.316 e. The summed E-state index contributed by atoms with van der Waals surface area (Å²) in [5.41, 5.74) is 2.78. The maximum atomic E-state index is 12.5. The van der Waals surface area contributed by atoms with Crippen molar-refractivity contribution in [2.45, 2.75) is 20.8 Å². The zero-order valence-electron chi connectivity index (χ0n) is 14.2. The van der Waals surface area contributed by atoms with Gasteiger partial charge in [0.25, 0.3) is 5.91 Å². The minimum atomic E-state index is -0.374. The van der Waals surface area contributed by atoms with E-state index in [1.165, 1.54) is 11.0 Å². The number of nitrogens with zero attached hydrogens (tertiary/aromatic N) is 5. The molecule has 8 nitrogen and oxygen atoms in total. The number of hydrogen-bond acceptors (Lipinski definition) is 6. The molecular weight excluding hydrogens is 320 g/mol. The van der Waals surface area contributed by atoms with Crippen molar-refractivity contribution in [3.63, 3.8) is 0 Å². The van der Waals surface area contributed by atoms with Gasteiger partial charge in [-0.3, -0.25) is 4.79 Å². The summed E-state index contributed by atoms with van der Waals surface area (Å²) in [6.07, 6.45) is 1.42. The molecule has 3 rings (SSSR count). The Hall–Kier alpha value is -3.29. The Bertz CT molecular complexity index is 868. The smallest absolute Gasteiger partial charge is 0.316 e. The predicted octanol–water partition coefficient (Wildman–Crippen LogP) is 2.33. The van der Waals surface area contributed by atoms with Gasteiger partial charge in [0, 0.05) is 0 Å². The van der Waals surface area contributed by atoms with Crippen molar-refractivity contribution in [3.8, 4) is 11.7 Å². The molecule has 3 aromatic rings. The first kappa shape index (κ1) is 16.6. The second-order valence-corrected chi connectivity index (χ2v) is 5.29. The third-order valence-corrected chi connectivity index (χ3v) is 3.47. The third-order valence-electron chi connectivity index (χ3n) is 3.47. The summed E-state index contributed by atoms with van der Waals surface area (Å²) in [5, 5.41) is 11.1. The molecular formula is C17H18N6O2. The van der Waals surface area contributed by atoms with Gasteiger partial charge in [0.15, 0.2) is 5.69 Å². The Morgan fingerprint density at radius 1 is 1.16 bits per heavy atom. The Morgan fingerprint density at radius 2 is 1.84 bits per heavy atom. The highest BCUT2D eigenvalue weighted by Gasteiger charge is 2.16. The number of aromatic nitrogens is 5. The number of carbonyl (C=O) groups excluding carboxylic acids is 1. The molecule has 0 radical (unpaired) electrons. The fourth-order valence-corrected chi connectivity index (χ4v) is 2.29. The number of amides is 1. The van der Waals surface area contributed by atoms with Crippen LogP contribution in [0.4, 0.5) is 5.69 Å². The van der Waals surface area contributed by atoms with E-state index in [4.69, 9.17) is 4.74 Å². The molecule has 1 N–H and O–H groups in total. The van der Waals surface area contributed by atoms with E-state index in [9.17, 15) is 4.79 Å².